The van der Waals surface area contributed by atoms with Crippen molar-refractivity contribution in [3.63, 3.8) is 0 Å². The molecule has 140 valence electrons. The quantitative estimate of drug-likeness (QED) is 0.655. The van der Waals surface area contributed by atoms with Crippen molar-refractivity contribution in [2.24, 2.45) is 5.10 Å². The summed E-state index contributed by atoms with van der Waals surface area (Å²) in [5.41, 5.74) is -3.89. The van der Waals surface area contributed by atoms with Crippen molar-refractivity contribution < 1.29 is 28.0 Å². The first-order valence-corrected chi connectivity index (χ1v) is 7.64. The van der Waals surface area contributed by atoms with Crippen molar-refractivity contribution in [2.45, 2.75) is 18.3 Å². The van der Waals surface area contributed by atoms with Gasteiger partial charge in [-0.2, -0.15) is 23.3 Å². The van der Waals surface area contributed by atoms with Crippen LogP contribution in [0.25, 0.3) is 0 Å². The lowest BCUT2D eigenvalue weighted by molar-refractivity contribution is -0.384. The van der Waals surface area contributed by atoms with Gasteiger partial charge in [0.15, 0.2) is 0 Å². The maximum absolute atomic E-state index is 13.5. The van der Waals surface area contributed by atoms with Gasteiger partial charge in [-0.1, -0.05) is 30.3 Å². The van der Waals surface area contributed by atoms with E-state index >= 15 is 0 Å². The van der Waals surface area contributed by atoms with Gasteiger partial charge in [0.2, 0.25) is 0 Å². The fourth-order valence-corrected chi connectivity index (χ4v) is 2.62. The number of nitro groups is 1. The van der Waals surface area contributed by atoms with Crippen LogP contribution in [-0.2, 0) is 0 Å². The second-order valence-electron chi connectivity index (χ2n) is 5.82. The van der Waals surface area contributed by atoms with Gasteiger partial charge >= 0.3 is 6.18 Å². The van der Waals surface area contributed by atoms with Crippen molar-refractivity contribution in [2.75, 3.05) is 0 Å². The Kier molecular flexibility index (Phi) is 4.44. The standard InChI is InChI=1S/C17H12F3N3O4/c18-17(19,20)16(25)10-14(11-4-2-1-3-5-11)21-22(16)15(24)12-6-8-13(9-7-12)23(26)27/h1-9,25H,10H2/t16-/m1/s1. The first-order valence-electron chi connectivity index (χ1n) is 7.64. The molecule has 2 aromatic carbocycles. The van der Waals surface area contributed by atoms with Gasteiger partial charge in [0.05, 0.1) is 17.1 Å². The second kappa shape index (κ2) is 6.47. The predicted molar refractivity (Wildman–Crippen MR) is 87.9 cm³/mol. The molecule has 1 amide bonds. The van der Waals surface area contributed by atoms with E-state index in [1.807, 2.05) is 0 Å². The molecule has 1 atom stereocenters. The monoisotopic (exact) mass is 379 g/mol. The Hall–Kier alpha value is -3.27. The SMILES string of the molecule is O=C(c1ccc([N+](=O)[O-])cc1)N1N=C(c2ccccc2)C[C@@]1(O)C(F)(F)F. The highest BCUT2D eigenvalue weighted by Gasteiger charge is 2.63. The van der Waals surface area contributed by atoms with Crippen LogP contribution in [-0.4, -0.2) is 38.6 Å². The summed E-state index contributed by atoms with van der Waals surface area (Å²) >= 11 is 0. The average molecular weight is 379 g/mol. The summed E-state index contributed by atoms with van der Waals surface area (Å²) in [6.45, 7) is 0. The van der Waals surface area contributed by atoms with E-state index in [9.17, 15) is 33.2 Å². The fraction of sp³-hybridized carbons (Fsp3) is 0.176. The molecule has 0 saturated carbocycles. The molecule has 0 aromatic heterocycles. The molecule has 1 N–H and O–H groups in total. The molecule has 7 nitrogen and oxygen atoms in total. The van der Waals surface area contributed by atoms with Crippen molar-refractivity contribution >= 4 is 17.3 Å². The Balaban J connectivity index is 2.01. The molecule has 1 heterocycles. The molecular formula is C17H12F3N3O4. The maximum atomic E-state index is 13.5. The third kappa shape index (κ3) is 3.26. The van der Waals surface area contributed by atoms with E-state index in [1.54, 1.807) is 18.2 Å². The maximum Gasteiger partial charge on any atom is 0.438 e. The number of carbonyl (C=O) groups is 1. The van der Waals surface area contributed by atoms with Crippen LogP contribution in [0.15, 0.2) is 59.7 Å². The summed E-state index contributed by atoms with van der Waals surface area (Å²) in [4.78, 5) is 22.5. The van der Waals surface area contributed by atoms with Gasteiger partial charge in [-0.3, -0.25) is 14.9 Å². The van der Waals surface area contributed by atoms with E-state index in [0.717, 1.165) is 24.3 Å². The molecule has 0 spiro atoms. The lowest BCUT2D eigenvalue weighted by atomic mass is 10.0. The summed E-state index contributed by atoms with van der Waals surface area (Å²) in [7, 11) is 0. The molecule has 0 unspecified atom stereocenters. The van der Waals surface area contributed by atoms with E-state index in [-0.39, 0.29) is 22.0 Å². The molecule has 0 aliphatic carbocycles. The first-order chi connectivity index (χ1) is 12.6. The average Bonchev–Trinajstić information content (AvgIpc) is 3.01. The number of alkyl halides is 3. The smallest absolute Gasteiger partial charge is 0.362 e. The van der Waals surface area contributed by atoms with Crippen LogP contribution in [0.4, 0.5) is 18.9 Å². The number of hydrogen-bond acceptors (Lipinski definition) is 5. The van der Waals surface area contributed by atoms with E-state index in [1.165, 1.54) is 12.1 Å². The van der Waals surface area contributed by atoms with E-state index in [0.29, 0.717) is 5.56 Å². The highest BCUT2D eigenvalue weighted by molar-refractivity contribution is 6.05. The zero-order chi connectivity index (χ0) is 19.8. The van der Waals surface area contributed by atoms with Crippen molar-refractivity contribution in [1.82, 2.24) is 5.01 Å². The summed E-state index contributed by atoms with van der Waals surface area (Å²) in [6.07, 6.45) is -6.09. The molecular weight excluding hydrogens is 367 g/mol. The number of hydrazone groups is 1. The molecule has 3 rings (SSSR count). The number of nitrogens with zero attached hydrogens (tertiary/aromatic N) is 3. The molecule has 2 aromatic rings. The van der Waals surface area contributed by atoms with Crippen LogP contribution < -0.4 is 0 Å². The number of carbonyl (C=O) groups excluding carboxylic acids is 1. The molecule has 1 aliphatic rings. The van der Waals surface area contributed by atoms with Crippen molar-refractivity contribution in [3.8, 4) is 0 Å². The number of amides is 1. The van der Waals surface area contributed by atoms with Gasteiger partial charge in [0.1, 0.15) is 0 Å². The van der Waals surface area contributed by atoms with Crippen LogP contribution in [0.3, 0.4) is 0 Å². The highest BCUT2D eigenvalue weighted by Crippen LogP contribution is 2.42. The summed E-state index contributed by atoms with van der Waals surface area (Å²) in [6, 6.07) is 11.8. The molecule has 1 aliphatic heterocycles. The lowest BCUT2D eigenvalue weighted by Crippen LogP contribution is -2.56. The minimum absolute atomic E-state index is 0.0174. The Morgan fingerprint density at radius 1 is 1.15 bits per heavy atom. The Labute approximate surface area is 150 Å². The number of non-ortho nitro benzene ring substituents is 1. The summed E-state index contributed by atoms with van der Waals surface area (Å²) in [5, 5.41) is 24.6. The fourth-order valence-electron chi connectivity index (χ4n) is 2.62. The van der Waals surface area contributed by atoms with Crippen LogP contribution in [0.5, 0.6) is 0 Å². The van der Waals surface area contributed by atoms with Crippen LogP contribution >= 0.6 is 0 Å². The number of aliphatic hydroxyl groups is 1. The third-order valence-electron chi connectivity index (χ3n) is 4.06. The number of nitro benzene ring substituents is 1. The molecule has 0 fully saturated rings. The molecule has 0 saturated heterocycles. The van der Waals surface area contributed by atoms with Crippen molar-refractivity contribution in [1.29, 1.82) is 0 Å². The van der Waals surface area contributed by atoms with Gasteiger partial charge < -0.3 is 5.11 Å². The van der Waals surface area contributed by atoms with E-state index in [4.69, 9.17) is 0 Å². The van der Waals surface area contributed by atoms with Gasteiger partial charge in [0, 0.05) is 17.7 Å². The Morgan fingerprint density at radius 2 is 1.74 bits per heavy atom. The molecule has 0 bridgehead atoms. The normalized spacial score (nSPS) is 19.7. The van der Waals surface area contributed by atoms with Gasteiger partial charge in [0.25, 0.3) is 17.3 Å². The third-order valence-corrected chi connectivity index (χ3v) is 4.06. The van der Waals surface area contributed by atoms with E-state index in [2.05, 4.69) is 5.10 Å². The zero-order valence-corrected chi connectivity index (χ0v) is 13.6. The largest absolute Gasteiger partial charge is 0.438 e. The van der Waals surface area contributed by atoms with Gasteiger partial charge in [-0.15, -0.1) is 0 Å². The van der Waals surface area contributed by atoms with Crippen molar-refractivity contribution in [3.05, 3.63) is 75.8 Å². The number of hydrogen-bond donors (Lipinski definition) is 1. The minimum Gasteiger partial charge on any atom is -0.362 e. The number of halogens is 3. The Bertz CT molecular complexity index is 913. The second-order valence-corrected chi connectivity index (χ2v) is 5.82. The topological polar surface area (TPSA) is 96.0 Å². The summed E-state index contributed by atoms with van der Waals surface area (Å²) in [5.74, 6) is -1.23. The van der Waals surface area contributed by atoms with Gasteiger partial charge in [-0.05, 0) is 17.7 Å². The van der Waals surface area contributed by atoms with Crippen LogP contribution in [0, 0.1) is 10.1 Å². The van der Waals surface area contributed by atoms with Crippen LogP contribution in [0.2, 0.25) is 0 Å². The Morgan fingerprint density at radius 3 is 2.26 bits per heavy atom. The number of benzene rings is 2. The zero-order valence-electron chi connectivity index (χ0n) is 13.6. The first kappa shape index (κ1) is 18.5. The molecule has 0 radical (unpaired) electrons. The minimum atomic E-state index is -5.16. The lowest BCUT2D eigenvalue weighted by Gasteiger charge is -2.32. The van der Waals surface area contributed by atoms with Gasteiger partial charge in [-0.25, -0.2) is 0 Å². The predicted octanol–water partition coefficient (Wildman–Crippen LogP) is 3.10. The summed E-state index contributed by atoms with van der Waals surface area (Å²) < 4.78 is 40.6. The molecule has 27 heavy (non-hydrogen) atoms. The molecule has 10 heteroatoms. The van der Waals surface area contributed by atoms with Crippen LogP contribution in [0.1, 0.15) is 22.3 Å². The number of rotatable bonds is 3. The van der Waals surface area contributed by atoms with E-state index < -0.39 is 29.2 Å². The highest BCUT2D eigenvalue weighted by atomic mass is 19.4.